The molecule has 0 heterocycles. The van der Waals surface area contributed by atoms with Crippen LogP contribution in [0.4, 0.5) is 5.69 Å². The predicted molar refractivity (Wildman–Crippen MR) is 91.5 cm³/mol. The van der Waals surface area contributed by atoms with Crippen LogP contribution < -0.4 is 10.1 Å². The predicted octanol–water partition coefficient (Wildman–Crippen LogP) is 5.00. The highest BCUT2D eigenvalue weighted by molar-refractivity contribution is 5.95. The van der Waals surface area contributed by atoms with Gasteiger partial charge in [-0.15, -0.1) is 0 Å². The van der Waals surface area contributed by atoms with Gasteiger partial charge in [0.1, 0.15) is 5.75 Å². The molecule has 1 atom stereocenters. The number of rotatable bonds is 5. The Morgan fingerprint density at radius 3 is 2.32 bits per heavy atom. The number of aryl methyl sites for hydroxylation is 2. The van der Waals surface area contributed by atoms with Gasteiger partial charge < -0.3 is 10.1 Å². The van der Waals surface area contributed by atoms with Crippen LogP contribution in [0.15, 0.2) is 12.1 Å². The molecule has 122 valence electrons. The molecule has 1 N–H and O–H groups in total. The zero-order chi connectivity index (χ0) is 16.3. The molecule has 1 unspecified atom stereocenters. The SMILES string of the molecule is CCC(C)Oc1c(C)cc(NC(=O)C2(C)CCCC2)cc1C. The van der Waals surface area contributed by atoms with Gasteiger partial charge in [-0.2, -0.15) is 0 Å². The van der Waals surface area contributed by atoms with Gasteiger partial charge >= 0.3 is 0 Å². The summed E-state index contributed by atoms with van der Waals surface area (Å²) >= 11 is 0. The molecule has 0 saturated heterocycles. The Hall–Kier alpha value is -1.51. The molecule has 1 aliphatic carbocycles. The van der Waals surface area contributed by atoms with Crippen molar-refractivity contribution in [2.45, 2.75) is 72.8 Å². The van der Waals surface area contributed by atoms with Crippen LogP contribution >= 0.6 is 0 Å². The third-order valence-electron chi connectivity index (χ3n) is 4.87. The van der Waals surface area contributed by atoms with Crippen molar-refractivity contribution >= 4 is 11.6 Å². The molecule has 1 amide bonds. The van der Waals surface area contributed by atoms with Crippen molar-refractivity contribution in [1.82, 2.24) is 0 Å². The second-order valence-electron chi connectivity index (χ2n) is 7.00. The number of carbonyl (C=O) groups is 1. The van der Waals surface area contributed by atoms with Gasteiger partial charge in [0.05, 0.1) is 6.10 Å². The maximum atomic E-state index is 12.5. The number of nitrogens with one attached hydrogen (secondary N) is 1. The molecule has 1 aromatic rings. The summed E-state index contributed by atoms with van der Waals surface area (Å²) < 4.78 is 5.99. The van der Waals surface area contributed by atoms with E-state index in [4.69, 9.17) is 4.74 Å². The molecule has 3 heteroatoms. The average molecular weight is 303 g/mol. The highest BCUT2D eigenvalue weighted by Crippen LogP contribution is 2.39. The van der Waals surface area contributed by atoms with E-state index in [1.54, 1.807) is 0 Å². The fraction of sp³-hybridized carbons (Fsp3) is 0.632. The maximum Gasteiger partial charge on any atom is 0.230 e. The zero-order valence-electron chi connectivity index (χ0n) is 14.6. The molecule has 1 aliphatic rings. The number of ether oxygens (including phenoxy) is 1. The lowest BCUT2D eigenvalue weighted by Gasteiger charge is -2.23. The standard InChI is InChI=1S/C19H29NO2/c1-6-15(4)22-17-13(2)11-16(12-14(17)3)20-18(21)19(5)9-7-8-10-19/h11-12,15H,6-10H2,1-5H3,(H,20,21). The first-order valence-electron chi connectivity index (χ1n) is 8.45. The van der Waals surface area contributed by atoms with E-state index in [0.29, 0.717) is 0 Å². The first-order valence-corrected chi connectivity index (χ1v) is 8.45. The number of hydrogen-bond acceptors (Lipinski definition) is 2. The quantitative estimate of drug-likeness (QED) is 0.831. The summed E-state index contributed by atoms with van der Waals surface area (Å²) in [5, 5.41) is 3.11. The first-order chi connectivity index (χ1) is 10.4. The minimum atomic E-state index is -0.201. The normalized spacial score (nSPS) is 18.0. The number of carbonyl (C=O) groups excluding carboxylic acids is 1. The van der Waals surface area contributed by atoms with Crippen molar-refractivity contribution in [2.75, 3.05) is 5.32 Å². The van der Waals surface area contributed by atoms with Crippen molar-refractivity contribution in [3.05, 3.63) is 23.3 Å². The Kier molecular flexibility index (Phi) is 5.15. The highest BCUT2D eigenvalue weighted by Gasteiger charge is 2.36. The summed E-state index contributed by atoms with van der Waals surface area (Å²) in [4.78, 5) is 12.5. The molecule has 22 heavy (non-hydrogen) atoms. The van der Waals surface area contributed by atoms with Gasteiger partial charge in [0.2, 0.25) is 5.91 Å². The third kappa shape index (κ3) is 3.63. The van der Waals surface area contributed by atoms with Crippen molar-refractivity contribution in [2.24, 2.45) is 5.41 Å². The fourth-order valence-corrected chi connectivity index (χ4v) is 3.16. The lowest BCUT2D eigenvalue weighted by Crippen LogP contribution is -2.30. The van der Waals surface area contributed by atoms with E-state index in [-0.39, 0.29) is 17.4 Å². The molecule has 2 rings (SSSR count). The van der Waals surface area contributed by atoms with Gasteiger partial charge in [0.15, 0.2) is 0 Å². The Balaban J connectivity index is 2.14. The second kappa shape index (κ2) is 6.72. The molecule has 3 nitrogen and oxygen atoms in total. The minimum Gasteiger partial charge on any atom is -0.490 e. The summed E-state index contributed by atoms with van der Waals surface area (Å²) in [5.74, 6) is 1.10. The molecular formula is C19H29NO2. The Morgan fingerprint density at radius 1 is 1.27 bits per heavy atom. The first kappa shape index (κ1) is 16.9. The fourth-order valence-electron chi connectivity index (χ4n) is 3.16. The Morgan fingerprint density at radius 2 is 1.82 bits per heavy atom. The van der Waals surface area contributed by atoms with Crippen LogP contribution in [0.1, 0.15) is 64.0 Å². The van der Waals surface area contributed by atoms with Gasteiger partial charge in [0.25, 0.3) is 0 Å². The maximum absolute atomic E-state index is 12.5. The number of benzene rings is 1. The molecule has 0 aliphatic heterocycles. The number of amides is 1. The lowest BCUT2D eigenvalue weighted by molar-refractivity contribution is -0.124. The Bertz CT molecular complexity index is 521. The Labute approximate surface area is 134 Å². The summed E-state index contributed by atoms with van der Waals surface area (Å²) in [6, 6.07) is 4.03. The lowest BCUT2D eigenvalue weighted by atomic mass is 9.87. The van der Waals surface area contributed by atoms with Crippen LogP contribution in [0.3, 0.4) is 0 Å². The third-order valence-corrected chi connectivity index (χ3v) is 4.87. The van der Waals surface area contributed by atoms with E-state index < -0.39 is 0 Å². The van der Waals surface area contributed by atoms with Crippen LogP contribution in [0.2, 0.25) is 0 Å². The topological polar surface area (TPSA) is 38.3 Å². The summed E-state index contributed by atoms with van der Waals surface area (Å²) in [6.07, 6.45) is 5.48. The largest absolute Gasteiger partial charge is 0.490 e. The van der Waals surface area contributed by atoms with Crippen molar-refractivity contribution in [3.63, 3.8) is 0 Å². The average Bonchev–Trinajstić information content (AvgIpc) is 2.91. The number of hydrogen-bond donors (Lipinski definition) is 1. The van der Waals surface area contributed by atoms with Crippen molar-refractivity contribution < 1.29 is 9.53 Å². The van der Waals surface area contributed by atoms with E-state index >= 15 is 0 Å². The molecule has 0 radical (unpaired) electrons. The van der Waals surface area contributed by atoms with Crippen molar-refractivity contribution in [3.8, 4) is 5.75 Å². The molecule has 1 fully saturated rings. The minimum absolute atomic E-state index is 0.152. The van der Waals surface area contributed by atoms with E-state index in [1.165, 1.54) is 0 Å². The van der Waals surface area contributed by atoms with E-state index in [1.807, 2.05) is 26.0 Å². The molecule has 0 spiro atoms. The van der Waals surface area contributed by atoms with Crippen LogP contribution in [-0.4, -0.2) is 12.0 Å². The van der Waals surface area contributed by atoms with Crippen LogP contribution in [0.5, 0.6) is 5.75 Å². The van der Waals surface area contributed by atoms with Gasteiger partial charge in [-0.3, -0.25) is 4.79 Å². The van der Waals surface area contributed by atoms with Crippen LogP contribution in [0, 0.1) is 19.3 Å². The highest BCUT2D eigenvalue weighted by atomic mass is 16.5. The molecule has 1 saturated carbocycles. The van der Waals surface area contributed by atoms with Gasteiger partial charge in [-0.05, 0) is 63.3 Å². The molecule has 0 aromatic heterocycles. The van der Waals surface area contributed by atoms with Crippen molar-refractivity contribution in [1.29, 1.82) is 0 Å². The van der Waals surface area contributed by atoms with Crippen LogP contribution in [-0.2, 0) is 4.79 Å². The summed E-state index contributed by atoms with van der Waals surface area (Å²) in [7, 11) is 0. The molecule has 1 aromatic carbocycles. The van der Waals surface area contributed by atoms with E-state index in [2.05, 4.69) is 26.1 Å². The smallest absolute Gasteiger partial charge is 0.230 e. The summed E-state index contributed by atoms with van der Waals surface area (Å²) in [5.41, 5.74) is 2.83. The summed E-state index contributed by atoms with van der Waals surface area (Å²) in [6.45, 7) is 10.4. The monoisotopic (exact) mass is 303 g/mol. The zero-order valence-corrected chi connectivity index (χ0v) is 14.6. The molecule has 0 bridgehead atoms. The number of anilines is 1. The second-order valence-corrected chi connectivity index (χ2v) is 7.00. The van der Waals surface area contributed by atoms with Gasteiger partial charge in [0, 0.05) is 11.1 Å². The van der Waals surface area contributed by atoms with Gasteiger partial charge in [-0.25, -0.2) is 0 Å². The van der Waals surface area contributed by atoms with E-state index in [0.717, 1.165) is 54.7 Å². The van der Waals surface area contributed by atoms with Crippen LogP contribution in [0.25, 0.3) is 0 Å². The molecular weight excluding hydrogens is 274 g/mol. The van der Waals surface area contributed by atoms with Gasteiger partial charge in [-0.1, -0.05) is 26.7 Å². The van der Waals surface area contributed by atoms with E-state index in [9.17, 15) is 4.79 Å².